The highest BCUT2D eigenvalue weighted by Crippen LogP contribution is 2.47. The monoisotopic (exact) mass is 790 g/mol. The molecule has 11 rings (SSSR count). The van der Waals surface area contributed by atoms with Crippen LogP contribution in [0.2, 0.25) is 19.6 Å². The van der Waals surface area contributed by atoms with Gasteiger partial charge in [-0.25, -0.2) is 0 Å². The van der Waals surface area contributed by atoms with Gasteiger partial charge >= 0.3 is 0 Å². The number of para-hydroxylation sites is 4. The first-order valence-electron chi connectivity index (χ1n) is 20.8. The molecule has 0 spiro atoms. The molecule has 9 aromatic carbocycles. The Morgan fingerprint density at radius 3 is 1.33 bits per heavy atom. The molecule has 0 radical (unpaired) electrons. The maximum absolute atomic E-state index is 7.10. The van der Waals surface area contributed by atoms with Crippen molar-refractivity contribution >= 4 is 92.0 Å². The lowest BCUT2D eigenvalue weighted by atomic mass is 9.33. The second-order valence-electron chi connectivity index (χ2n) is 16.9. The van der Waals surface area contributed by atoms with Crippen LogP contribution >= 0.6 is 0 Å². The number of hydrogen-bond donors (Lipinski definition) is 0. The van der Waals surface area contributed by atoms with Crippen molar-refractivity contribution in [1.82, 2.24) is 0 Å². The Labute approximate surface area is 353 Å². The van der Waals surface area contributed by atoms with Gasteiger partial charge in [0.25, 0.3) is 6.71 Å². The highest BCUT2D eigenvalue weighted by molar-refractivity contribution is 7.01. The zero-order chi connectivity index (χ0) is 40.5. The van der Waals surface area contributed by atoms with E-state index in [9.17, 15) is 0 Å². The number of aryl methyl sites for hydroxylation is 1. The standard InChI is InChI=1S/C54H43BN2O2Si/c1-36-20-11-16-29-43(36)56(37-21-7-5-8-22-37)45-34-49-52(41-27-14-12-25-39(41)45)55-53-42-28-15-13-26-40(42)46(35-50(53)59-48-32-19-31-47(58-49)54(48)55)57(38-23-9-6-10-24-38)44-30-17-18-33-51(44)60(2,3)4/h5-35H,1-4H3. The Morgan fingerprint density at radius 2 is 0.817 bits per heavy atom. The summed E-state index contributed by atoms with van der Waals surface area (Å²) < 4.78 is 14.2. The van der Waals surface area contributed by atoms with Crippen molar-refractivity contribution in [1.29, 1.82) is 0 Å². The van der Waals surface area contributed by atoms with E-state index in [0.29, 0.717) is 0 Å². The summed E-state index contributed by atoms with van der Waals surface area (Å²) in [4.78, 5) is 4.83. The predicted octanol–water partition coefficient (Wildman–Crippen LogP) is 12.5. The zero-order valence-electron chi connectivity index (χ0n) is 34.2. The van der Waals surface area contributed by atoms with Crippen LogP contribution in [0.25, 0.3) is 21.5 Å². The largest absolute Gasteiger partial charge is 0.458 e. The molecule has 60 heavy (non-hydrogen) atoms. The van der Waals surface area contributed by atoms with Gasteiger partial charge in [-0.05, 0) is 87.9 Å². The molecule has 2 aliphatic rings. The maximum Gasteiger partial charge on any atom is 0.262 e. The molecule has 0 amide bonds. The third-order valence-corrected chi connectivity index (χ3v) is 14.2. The van der Waals surface area contributed by atoms with Crippen molar-refractivity contribution in [3.05, 3.63) is 194 Å². The van der Waals surface area contributed by atoms with Gasteiger partial charge in [0.2, 0.25) is 0 Å². The molecule has 0 bridgehead atoms. The van der Waals surface area contributed by atoms with Crippen molar-refractivity contribution < 1.29 is 9.47 Å². The Hall–Kier alpha value is -7.02. The Morgan fingerprint density at radius 1 is 0.383 bits per heavy atom. The Balaban J connectivity index is 1.19. The summed E-state index contributed by atoms with van der Waals surface area (Å²) in [5, 5.41) is 6.04. The minimum absolute atomic E-state index is 0.148. The number of ether oxygens (including phenoxy) is 2. The molecule has 0 aliphatic carbocycles. The Kier molecular flexibility index (Phi) is 8.47. The van der Waals surface area contributed by atoms with E-state index in [4.69, 9.17) is 9.47 Å². The van der Waals surface area contributed by atoms with Crippen LogP contribution in [0, 0.1) is 6.92 Å². The van der Waals surface area contributed by atoms with Crippen molar-refractivity contribution in [2.45, 2.75) is 26.6 Å². The summed E-state index contributed by atoms with van der Waals surface area (Å²) in [6.07, 6.45) is 0. The normalized spacial score (nSPS) is 12.6. The van der Waals surface area contributed by atoms with E-state index in [0.717, 1.165) is 84.0 Å². The van der Waals surface area contributed by atoms with Crippen LogP contribution in [0.3, 0.4) is 0 Å². The van der Waals surface area contributed by atoms with Crippen LogP contribution < -0.4 is 40.8 Å². The lowest BCUT2D eigenvalue weighted by Gasteiger charge is -2.37. The summed E-state index contributed by atoms with van der Waals surface area (Å²) in [6.45, 7) is 9.31. The van der Waals surface area contributed by atoms with E-state index < -0.39 is 8.07 Å². The molecule has 6 heteroatoms. The first-order chi connectivity index (χ1) is 29.3. The van der Waals surface area contributed by atoms with E-state index in [1.54, 1.807) is 0 Å². The topological polar surface area (TPSA) is 24.9 Å². The van der Waals surface area contributed by atoms with Crippen molar-refractivity contribution in [2.75, 3.05) is 9.80 Å². The minimum atomic E-state index is -1.78. The average Bonchev–Trinajstić information content (AvgIpc) is 3.27. The average molecular weight is 791 g/mol. The fraction of sp³-hybridized carbons (Fsp3) is 0.0741. The van der Waals surface area contributed by atoms with Crippen molar-refractivity contribution in [3.8, 4) is 23.0 Å². The van der Waals surface area contributed by atoms with E-state index in [1.807, 2.05) is 0 Å². The summed E-state index contributed by atoms with van der Waals surface area (Å²) in [7, 11) is -1.78. The van der Waals surface area contributed by atoms with Gasteiger partial charge in [-0.1, -0.05) is 147 Å². The highest BCUT2D eigenvalue weighted by atomic mass is 28.3. The van der Waals surface area contributed by atoms with Crippen LogP contribution in [-0.2, 0) is 0 Å². The number of rotatable bonds is 7. The van der Waals surface area contributed by atoms with Gasteiger partial charge in [0.15, 0.2) is 0 Å². The van der Waals surface area contributed by atoms with Gasteiger partial charge in [0, 0.05) is 51.1 Å². The zero-order valence-corrected chi connectivity index (χ0v) is 35.2. The summed E-state index contributed by atoms with van der Waals surface area (Å²) in [6, 6.07) is 67.5. The Bertz CT molecular complexity index is 3130. The second kappa shape index (κ2) is 14.1. The highest BCUT2D eigenvalue weighted by Gasteiger charge is 2.43. The molecule has 4 nitrogen and oxygen atoms in total. The van der Waals surface area contributed by atoms with E-state index in [-0.39, 0.29) is 6.71 Å². The van der Waals surface area contributed by atoms with E-state index in [2.05, 4.69) is 224 Å². The third-order valence-electron chi connectivity index (χ3n) is 12.2. The quantitative estimate of drug-likeness (QED) is 0.150. The van der Waals surface area contributed by atoms with Crippen molar-refractivity contribution in [3.63, 3.8) is 0 Å². The fourth-order valence-corrected chi connectivity index (χ4v) is 11.1. The summed E-state index contributed by atoms with van der Waals surface area (Å²) in [5.74, 6) is 3.35. The molecule has 0 atom stereocenters. The lowest BCUT2D eigenvalue weighted by molar-refractivity contribution is 0.465. The first-order valence-corrected chi connectivity index (χ1v) is 24.3. The van der Waals surface area contributed by atoms with E-state index >= 15 is 0 Å². The summed E-state index contributed by atoms with van der Waals surface area (Å²) in [5.41, 5.74) is 11.2. The molecular formula is C54H43BN2O2Si. The first kappa shape index (κ1) is 36.1. The van der Waals surface area contributed by atoms with Gasteiger partial charge in [-0.15, -0.1) is 0 Å². The molecule has 2 aliphatic heterocycles. The molecule has 0 unspecified atom stereocenters. The minimum Gasteiger partial charge on any atom is -0.458 e. The fourth-order valence-electron chi connectivity index (χ4n) is 9.59. The smallest absolute Gasteiger partial charge is 0.262 e. The molecule has 2 heterocycles. The van der Waals surface area contributed by atoms with Crippen LogP contribution in [0.1, 0.15) is 5.56 Å². The molecule has 0 N–H and O–H groups in total. The van der Waals surface area contributed by atoms with Crippen LogP contribution in [0.4, 0.5) is 34.1 Å². The molecule has 0 fully saturated rings. The number of benzene rings is 9. The van der Waals surface area contributed by atoms with Gasteiger partial charge in [0.1, 0.15) is 23.0 Å². The molecule has 0 saturated carbocycles. The number of fused-ring (bicyclic) bond motifs is 8. The van der Waals surface area contributed by atoms with Crippen LogP contribution in [0.15, 0.2) is 188 Å². The van der Waals surface area contributed by atoms with Crippen molar-refractivity contribution in [2.24, 2.45) is 0 Å². The third kappa shape index (κ3) is 5.74. The number of hydrogen-bond acceptors (Lipinski definition) is 4. The molecular weight excluding hydrogens is 748 g/mol. The molecule has 9 aromatic rings. The molecule has 0 saturated heterocycles. The SMILES string of the molecule is Cc1ccccc1N(c1ccccc1)c1cc2c(c3ccccc13)B1c3c(cccc3Oc3cc(N(c4ccccc4)c4ccccc4[Si](C)(C)C)c4ccccc4c31)O2. The van der Waals surface area contributed by atoms with Gasteiger partial charge in [-0.3, -0.25) is 0 Å². The summed E-state index contributed by atoms with van der Waals surface area (Å²) >= 11 is 0. The van der Waals surface area contributed by atoms with Gasteiger partial charge in [-0.2, -0.15) is 0 Å². The number of nitrogens with zero attached hydrogens (tertiary/aromatic N) is 2. The van der Waals surface area contributed by atoms with E-state index in [1.165, 1.54) is 21.8 Å². The number of anilines is 6. The molecule has 288 valence electrons. The maximum atomic E-state index is 7.10. The van der Waals surface area contributed by atoms with Gasteiger partial charge < -0.3 is 19.3 Å². The van der Waals surface area contributed by atoms with Gasteiger partial charge in [0.05, 0.1) is 19.4 Å². The predicted molar refractivity (Wildman–Crippen MR) is 256 cm³/mol. The second-order valence-corrected chi connectivity index (χ2v) is 21.9. The lowest BCUT2D eigenvalue weighted by Crippen LogP contribution is -2.58. The van der Waals surface area contributed by atoms with Crippen LogP contribution in [0.5, 0.6) is 23.0 Å². The van der Waals surface area contributed by atoms with Crippen LogP contribution in [-0.4, -0.2) is 14.8 Å². The molecule has 0 aromatic heterocycles.